The molecule has 1 heterocycles. The third-order valence-corrected chi connectivity index (χ3v) is 4.75. The van der Waals surface area contributed by atoms with Crippen molar-refractivity contribution >= 4 is 43.1 Å². The molecule has 5 heteroatoms. The van der Waals surface area contributed by atoms with Crippen LogP contribution in [0.25, 0.3) is 20.2 Å². The first-order valence-corrected chi connectivity index (χ1v) is 7.80. The molecule has 0 spiro atoms. The number of fused-ring (bicyclic) bond motifs is 2. The van der Waals surface area contributed by atoms with Crippen molar-refractivity contribution < 1.29 is 9.84 Å². The molecule has 0 aliphatic heterocycles. The molecule has 1 atom stereocenters. The van der Waals surface area contributed by atoms with Crippen molar-refractivity contribution in [3.05, 3.63) is 51.6 Å². The van der Waals surface area contributed by atoms with E-state index in [9.17, 15) is 9.90 Å². The summed E-state index contributed by atoms with van der Waals surface area (Å²) in [6.45, 7) is 1.82. The van der Waals surface area contributed by atoms with E-state index in [0.717, 1.165) is 4.70 Å². The summed E-state index contributed by atoms with van der Waals surface area (Å²) < 4.78 is 7.04. The van der Waals surface area contributed by atoms with Crippen LogP contribution < -0.4 is 10.2 Å². The molecule has 21 heavy (non-hydrogen) atoms. The lowest BCUT2D eigenvalue weighted by atomic mass is 10.2. The fourth-order valence-corrected chi connectivity index (χ4v) is 3.62. The molecule has 3 nitrogen and oxygen atoms in total. The Kier molecular flexibility index (Phi) is 3.85. The Morgan fingerprint density at radius 3 is 2.81 bits per heavy atom. The third-order valence-electron chi connectivity index (χ3n) is 3.25. The highest BCUT2D eigenvalue weighted by atomic mass is 35.5. The van der Waals surface area contributed by atoms with Crippen molar-refractivity contribution in [1.29, 1.82) is 0 Å². The topological polar surface area (TPSA) is 46.5 Å². The number of aliphatic hydroxyl groups excluding tert-OH is 1. The average molecular weight is 321 g/mol. The normalized spacial score (nSPS) is 12.7. The lowest BCUT2D eigenvalue weighted by Crippen LogP contribution is -2.14. The van der Waals surface area contributed by atoms with Crippen LogP contribution in [0.5, 0.6) is 5.75 Å². The van der Waals surface area contributed by atoms with E-state index in [1.807, 2.05) is 25.1 Å². The first-order valence-electron chi connectivity index (χ1n) is 6.60. The Morgan fingerprint density at radius 1 is 1.29 bits per heavy atom. The second-order valence-corrected chi connectivity index (χ2v) is 6.12. The quantitative estimate of drug-likeness (QED) is 0.582. The minimum atomic E-state index is -0.900. The van der Waals surface area contributed by atoms with Crippen LogP contribution in [0.15, 0.2) is 41.2 Å². The first-order chi connectivity index (χ1) is 10.1. The number of benzene rings is 2. The van der Waals surface area contributed by atoms with Crippen LogP contribution in [0.1, 0.15) is 13.3 Å². The fourth-order valence-electron chi connectivity index (χ4n) is 2.16. The molecule has 1 N–H and O–H groups in total. The molecule has 0 aliphatic carbocycles. The zero-order chi connectivity index (χ0) is 15.0. The van der Waals surface area contributed by atoms with Gasteiger partial charge in [0.15, 0.2) is 11.7 Å². The Morgan fingerprint density at radius 2 is 2.05 bits per heavy atom. The molecule has 1 unspecified atom stereocenters. The average Bonchev–Trinajstić information content (AvgIpc) is 2.50. The maximum Gasteiger partial charge on any atom is 0.197 e. The molecule has 0 bridgehead atoms. The van der Waals surface area contributed by atoms with E-state index in [2.05, 4.69) is 0 Å². The number of hydrogen-bond donors (Lipinski definition) is 1. The summed E-state index contributed by atoms with van der Waals surface area (Å²) in [4.78, 5) is 12.6. The maximum atomic E-state index is 12.6. The molecule has 0 aliphatic rings. The SMILES string of the molecule is CCC(O)Oc1ccc(Cl)c2c(=O)c3ccccc3sc12. The van der Waals surface area contributed by atoms with Gasteiger partial charge in [-0.05, 0) is 24.3 Å². The number of hydrogen-bond acceptors (Lipinski definition) is 4. The van der Waals surface area contributed by atoms with Crippen molar-refractivity contribution in [2.45, 2.75) is 19.6 Å². The van der Waals surface area contributed by atoms with E-state index in [-0.39, 0.29) is 5.43 Å². The van der Waals surface area contributed by atoms with Crippen LogP contribution in [0.2, 0.25) is 5.02 Å². The predicted octanol–water partition coefficient (Wildman–Crippen LogP) is 4.18. The van der Waals surface area contributed by atoms with Crippen LogP contribution in [-0.2, 0) is 0 Å². The van der Waals surface area contributed by atoms with Crippen molar-refractivity contribution in [2.24, 2.45) is 0 Å². The van der Waals surface area contributed by atoms with E-state index < -0.39 is 6.29 Å². The fraction of sp³-hybridized carbons (Fsp3) is 0.188. The second kappa shape index (κ2) is 5.64. The summed E-state index contributed by atoms with van der Waals surface area (Å²) in [7, 11) is 0. The zero-order valence-corrected chi connectivity index (χ0v) is 12.9. The monoisotopic (exact) mass is 320 g/mol. The predicted molar refractivity (Wildman–Crippen MR) is 87.5 cm³/mol. The molecule has 2 aromatic carbocycles. The molecular weight excluding hydrogens is 308 g/mol. The van der Waals surface area contributed by atoms with Crippen molar-refractivity contribution in [3.63, 3.8) is 0 Å². The molecular formula is C16H13ClO3S. The molecule has 3 aromatic rings. The smallest absolute Gasteiger partial charge is 0.197 e. The summed E-state index contributed by atoms with van der Waals surface area (Å²) in [5.41, 5.74) is -0.110. The molecule has 0 radical (unpaired) electrons. The molecule has 0 fully saturated rings. The maximum absolute atomic E-state index is 12.6. The van der Waals surface area contributed by atoms with Crippen LogP contribution in [-0.4, -0.2) is 11.4 Å². The van der Waals surface area contributed by atoms with Crippen LogP contribution in [0.4, 0.5) is 0 Å². The molecule has 3 rings (SSSR count). The van der Waals surface area contributed by atoms with Crippen molar-refractivity contribution in [3.8, 4) is 5.75 Å². The Bertz CT molecular complexity index is 872. The lowest BCUT2D eigenvalue weighted by molar-refractivity contribution is -0.0179. The van der Waals surface area contributed by atoms with Gasteiger partial charge in [0.1, 0.15) is 5.75 Å². The largest absolute Gasteiger partial charge is 0.464 e. The molecule has 1 aromatic heterocycles. The number of ether oxygens (including phenoxy) is 1. The van der Waals surface area contributed by atoms with Gasteiger partial charge in [-0.15, -0.1) is 11.3 Å². The van der Waals surface area contributed by atoms with Crippen LogP contribution in [0, 0.1) is 0 Å². The van der Waals surface area contributed by atoms with Gasteiger partial charge in [-0.1, -0.05) is 30.7 Å². The van der Waals surface area contributed by atoms with Gasteiger partial charge >= 0.3 is 0 Å². The zero-order valence-electron chi connectivity index (χ0n) is 11.3. The number of rotatable bonds is 3. The van der Waals surface area contributed by atoms with Crippen molar-refractivity contribution in [2.75, 3.05) is 0 Å². The summed E-state index contributed by atoms with van der Waals surface area (Å²) >= 11 is 7.63. The van der Waals surface area contributed by atoms with Gasteiger partial charge in [-0.2, -0.15) is 0 Å². The van der Waals surface area contributed by atoms with E-state index in [0.29, 0.717) is 32.7 Å². The highest BCUT2D eigenvalue weighted by Gasteiger charge is 2.15. The summed E-state index contributed by atoms with van der Waals surface area (Å²) in [6, 6.07) is 10.7. The van der Waals surface area contributed by atoms with Gasteiger partial charge < -0.3 is 9.84 Å². The highest BCUT2D eigenvalue weighted by molar-refractivity contribution is 7.25. The lowest BCUT2D eigenvalue weighted by Gasteiger charge is -2.14. The summed E-state index contributed by atoms with van der Waals surface area (Å²) in [6.07, 6.45) is -0.435. The number of halogens is 1. The van der Waals surface area contributed by atoms with Gasteiger partial charge in [-0.25, -0.2) is 0 Å². The first kappa shape index (κ1) is 14.3. The molecule has 0 amide bonds. The molecule has 108 valence electrons. The molecule has 0 saturated carbocycles. The van der Waals surface area contributed by atoms with Gasteiger partial charge in [0.25, 0.3) is 0 Å². The van der Waals surface area contributed by atoms with Crippen LogP contribution >= 0.6 is 22.9 Å². The van der Waals surface area contributed by atoms with E-state index in [1.54, 1.807) is 18.2 Å². The molecule has 0 saturated heterocycles. The second-order valence-electron chi connectivity index (χ2n) is 4.66. The van der Waals surface area contributed by atoms with Crippen molar-refractivity contribution in [1.82, 2.24) is 0 Å². The van der Waals surface area contributed by atoms with Gasteiger partial charge in [0, 0.05) is 16.5 Å². The van der Waals surface area contributed by atoms with E-state index >= 15 is 0 Å². The van der Waals surface area contributed by atoms with Gasteiger partial charge in [0.05, 0.1) is 15.1 Å². The van der Waals surface area contributed by atoms with Gasteiger partial charge in [0.2, 0.25) is 0 Å². The summed E-state index contributed by atoms with van der Waals surface area (Å²) in [5, 5.41) is 11.2. The Hall–Kier alpha value is -1.62. The number of aliphatic hydroxyl groups is 1. The highest BCUT2D eigenvalue weighted by Crippen LogP contribution is 2.36. The van der Waals surface area contributed by atoms with E-state index in [4.69, 9.17) is 16.3 Å². The standard InChI is InChI=1S/C16H13ClO3S/c1-2-13(18)20-11-8-7-10(17)14-15(19)9-5-3-4-6-12(9)21-16(11)14/h3-8,13,18H,2H2,1H3. The minimum absolute atomic E-state index is 0.110. The van der Waals surface area contributed by atoms with Crippen LogP contribution in [0.3, 0.4) is 0 Å². The third kappa shape index (κ3) is 2.50. The Labute approximate surface area is 130 Å². The summed E-state index contributed by atoms with van der Waals surface area (Å²) in [5.74, 6) is 0.483. The van der Waals surface area contributed by atoms with E-state index in [1.165, 1.54) is 11.3 Å². The Balaban J connectivity index is 2.37. The minimum Gasteiger partial charge on any atom is -0.464 e. The van der Waals surface area contributed by atoms with Gasteiger partial charge in [-0.3, -0.25) is 4.79 Å².